The van der Waals surface area contributed by atoms with Crippen LogP contribution in [-0.2, 0) is 9.84 Å². The number of sulfone groups is 1. The van der Waals surface area contributed by atoms with Gasteiger partial charge in [-0.3, -0.25) is 5.41 Å². The molecule has 1 unspecified atom stereocenters. The molecule has 0 aromatic heterocycles. The summed E-state index contributed by atoms with van der Waals surface area (Å²) >= 11 is 0. The van der Waals surface area contributed by atoms with Crippen molar-refractivity contribution < 1.29 is 8.42 Å². The molecule has 0 aromatic carbocycles. The van der Waals surface area contributed by atoms with E-state index in [4.69, 9.17) is 11.1 Å². The van der Waals surface area contributed by atoms with E-state index in [0.717, 1.165) is 0 Å². The van der Waals surface area contributed by atoms with E-state index in [1.807, 2.05) is 0 Å². The van der Waals surface area contributed by atoms with Crippen LogP contribution in [-0.4, -0.2) is 31.9 Å². The Labute approximate surface area is 79.1 Å². The van der Waals surface area contributed by atoms with Crippen molar-refractivity contribution in [2.75, 3.05) is 11.5 Å². The zero-order valence-electron chi connectivity index (χ0n) is 8.00. The molecule has 13 heavy (non-hydrogen) atoms. The Morgan fingerprint density at radius 2 is 2.15 bits per heavy atom. The number of hydrogen-bond donors (Lipinski definition) is 3. The lowest BCUT2D eigenvalue weighted by Gasteiger charge is -2.12. The normalized spacial score (nSPS) is 13.7. The van der Waals surface area contributed by atoms with E-state index in [-0.39, 0.29) is 23.5 Å². The summed E-state index contributed by atoms with van der Waals surface area (Å²) in [5.41, 5.74) is 5.09. The Bertz CT molecular complexity index is 261. The van der Waals surface area contributed by atoms with Crippen LogP contribution in [0.25, 0.3) is 0 Å². The summed E-state index contributed by atoms with van der Waals surface area (Å²) in [6, 6.07) is -0.0705. The zero-order chi connectivity index (χ0) is 10.5. The molecule has 0 fully saturated rings. The highest BCUT2D eigenvalue weighted by Crippen LogP contribution is 1.97. The van der Waals surface area contributed by atoms with Crippen molar-refractivity contribution in [1.82, 2.24) is 5.32 Å². The Balaban J connectivity index is 3.83. The summed E-state index contributed by atoms with van der Waals surface area (Å²) in [4.78, 5) is 0. The molecule has 0 heterocycles. The van der Waals surface area contributed by atoms with Crippen LogP contribution < -0.4 is 11.1 Å². The molecule has 4 N–H and O–H groups in total. The van der Waals surface area contributed by atoms with Gasteiger partial charge >= 0.3 is 0 Å². The Kier molecular flexibility index (Phi) is 4.76. The van der Waals surface area contributed by atoms with Crippen LogP contribution in [0.4, 0.5) is 0 Å². The molecule has 0 aliphatic rings. The van der Waals surface area contributed by atoms with Gasteiger partial charge in [-0.05, 0) is 13.3 Å². The predicted octanol–water partition coefficient (Wildman–Crippen LogP) is -0.317. The van der Waals surface area contributed by atoms with E-state index in [0.29, 0.717) is 6.42 Å². The van der Waals surface area contributed by atoms with Gasteiger partial charge in [-0.25, -0.2) is 8.42 Å². The van der Waals surface area contributed by atoms with Crippen LogP contribution in [0.5, 0.6) is 0 Å². The molecule has 6 heteroatoms. The van der Waals surface area contributed by atoms with Gasteiger partial charge in [-0.1, -0.05) is 6.92 Å². The van der Waals surface area contributed by atoms with Crippen LogP contribution in [0.2, 0.25) is 0 Å². The molecule has 5 nitrogen and oxygen atoms in total. The first-order valence-corrected chi connectivity index (χ1v) is 6.00. The van der Waals surface area contributed by atoms with Crippen LogP contribution >= 0.6 is 0 Å². The molecule has 1 atom stereocenters. The number of hydrogen-bond acceptors (Lipinski definition) is 3. The minimum absolute atomic E-state index is 0.0705. The highest BCUT2D eigenvalue weighted by molar-refractivity contribution is 7.91. The van der Waals surface area contributed by atoms with E-state index in [9.17, 15) is 8.42 Å². The standard InChI is InChI=1S/C7H17N3O2S/c1-3-13(11,12)5-4-6(2)10-7(8)9/h6H,3-5H2,1-2H3,(H4,8,9,10). The number of rotatable bonds is 5. The third-order valence-corrected chi connectivity index (χ3v) is 3.44. The minimum Gasteiger partial charge on any atom is -0.370 e. The van der Waals surface area contributed by atoms with Crippen LogP contribution in [0.15, 0.2) is 0 Å². The highest BCUT2D eigenvalue weighted by Gasteiger charge is 2.10. The second-order valence-electron chi connectivity index (χ2n) is 2.98. The average Bonchev–Trinajstić information content (AvgIpc) is 2.00. The molecule has 0 saturated carbocycles. The molecular weight excluding hydrogens is 190 g/mol. The van der Waals surface area contributed by atoms with Crippen molar-refractivity contribution >= 4 is 15.8 Å². The number of nitrogens with two attached hydrogens (primary N) is 1. The van der Waals surface area contributed by atoms with E-state index in [2.05, 4.69) is 5.32 Å². The summed E-state index contributed by atoms with van der Waals surface area (Å²) in [5.74, 6) is 0.187. The molecule has 0 aliphatic carbocycles. The fraction of sp³-hybridized carbons (Fsp3) is 0.857. The maximum atomic E-state index is 11.1. The van der Waals surface area contributed by atoms with E-state index < -0.39 is 9.84 Å². The van der Waals surface area contributed by atoms with Crippen molar-refractivity contribution in [3.05, 3.63) is 0 Å². The summed E-state index contributed by atoms with van der Waals surface area (Å²) in [6.45, 7) is 3.42. The van der Waals surface area contributed by atoms with Crippen LogP contribution in [0, 0.1) is 5.41 Å². The molecule has 0 spiro atoms. The lowest BCUT2D eigenvalue weighted by atomic mass is 10.3. The van der Waals surface area contributed by atoms with E-state index >= 15 is 0 Å². The van der Waals surface area contributed by atoms with Gasteiger partial charge in [0.15, 0.2) is 5.96 Å². The zero-order valence-corrected chi connectivity index (χ0v) is 8.82. The van der Waals surface area contributed by atoms with Crippen LogP contribution in [0.1, 0.15) is 20.3 Å². The second-order valence-corrected chi connectivity index (χ2v) is 5.46. The summed E-state index contributed by atoms with van der Waals surface area (Å²) in [5, 5.41) is 9.56. The monoisotopic (exact) mass is 207 g/mol. The average molecular weight is 207 g/mol. The molecule has 0 bridgehead atoms. The molecule has 0 aliphatic heterocycles. The van der Waals surface area contributed by atoms with Gasteiger partial charge in [-0.2, -0.15) is 0 Å². The Morgan fingerprint density at radius 1 is 1.62 bits per heavy atom. The quantitative estimate of drug-likeness (QED) is 0.425. The molecule has 0 amide bonds. The summed E-state index contributed by atoms with van der Waals surface area (Å²) < 4.78 is 22.2. The fourth-order valence-corrected chi connectivity index (χ4v) is 1.84. The smallest absolute Gasteiger partial charge is 0.185 e. The first-order valence-electron chi connectivity index (χ1n) is 4.18. The van der Waals surface area contributed by atoms with Gasteiger partial charge < -0.3 is 11.1 Å². The number of nitrogens with one attached hydrogen (secondary N) is 2. The molecule has 0 radical (unpaired) electrons. The van der Waals surface area contributed by atoms with Crippen molar-refractivity contribution in [2.45, 2.75) is 26.3 Å². The van der Waals surface area contributed by atoms with Gasteiger partial charge in [0.2, 0.25) is 0 Å². The second kappa shape index (κ2) is 5.06. The van der Waals surface area contributed by atoms with Crippen molar-refractivity contribution in [3.8, 4) is 0 Å². The maximum Gasteiger partial charge on any atom is 0.185 e. The highest BCUT2D eigenvalue weighted by atomic mass is 32.2. The van der Waals surface area contributed by atoms with Gasteiger partial charge in [0.1, 0.15) is 9.84 Å². The first-order chi connectivity index (χ1) is 5.87. The third kappa shape index (κ3) is 6.39. The third-order valence-electron chi connectivity index (χ3n) is 1.70. The van der Waals surface area contributed by atoms with Gasteiger partial charge in [-0.15, -0.1) is 0 Å². The SMILES string of the molecule is CCS(=O)(=O)CCC(C)NC(=N)N. The van der Waals surface area contributed by atoms with Gasteiger partial charge in [0, 0.05) is 11.8 Å². The Morgan fingerprint density at radius 3 is 2.54 bits per heavy atom. The van der Waals surface area contributed by atoms with Crippen LogP contribution in [0.3, 0.4) is 0 Å². The van der Waals surface area contributed by atoms with Crippen molar-refractivity contribution in [1.29, 1.82) is 5.41 Å². The largest absolute Gasteiger partial charge is 0.370 e. The molecule has 0 rings (SSSR count). The Hall–Kier alpha value is -0.780. The maximum absolute atomic E-state index is 11.1. The predicted molar refractivity (Wildman–Crippen MR) is 53.5 cm³/mol. The summed E-state index contributed by atoms with van der Waals surface area (Å²) in [6.07, 6.45) is 0.482. The molecule has 0 aromatic rings. The lowest BCUT2D eigenvalue weighted by molar-refractivity contribution is 0.580. The van der Waals surface area contributed by atoms with Gasteiger partial charge in [0.25, 0.3) is 0 Å². The molecular formula is C7H17N3O2S. The first kappa shape index (κ1) is 12.2. The van der Waals surface area contributed by atoms with E-state index in [1.165, 1.54) is 0 Å². The lowest BCUT2D eigenvalue weighted by Crippen LogP contribution is -2.38. The number of guanidine groups is 1. The van der Waals surface area contributed by atoms with Crippen molar-refractivity contribution in [3.63, 3.8) is 0 Å². The topological polar surface area (TPSA) is 96.0 Å². The molecule has 78 valence electrons. The van der Waals surface area contributed by atoms with E-state index in [1.54, 1.807) is 13.8 Å². The summed E-state index contributed by atoms with van der Waals surface area (Å²) in [7, 11) is -2.90. The van der Waals surface area contributed by atoms with Gasteiger partial charge in [0.05, 0.1) is 5.75 Å². The fourth-order valence-electron chi connectivity index (χ4n) is 0.838. The molecule has 0 saturated heterocycles. The minimum atomic E-state index is -2.90. The van der Waals surface area contributed by atoms with Crippen molar-refractivity contribution in [2.24, 2.45) is 5.73 Å².